The quantitative estimate of drug-likeness (QED) is 0.846. The number of hydrogen-bond acceptors (Lipinski definition) is 3. The highest BCUT2D eigenvalue weighted by Crippen LogP contribution is 2.19. The zero-order chi connectivity index (χ0) is 10.8. The summed E-state index contributed by atoms with van der Waals surface area (Å²) in [4.78, 5) is 15.6. The van der Waals surface area contributed by atoms with Crippen LogP contribution in [0, 0.1) is 0 Å². The number of nitrogens with one attached hydrogen (secondary N) is 1. The molecule has 1 amide bonds. The maximum atomic E-state index is 11.6. The lowest BCUT2D eigenvalue weighted by Gasteiger charge is -2.31. The highest BCUT2D eigenvalue weighted by atomic mass is 79.9. The molecule has 1 fully saturated rings. The van der Waals surface area contributed by atoms with E-state index in [1.807, 2.05) is 0 Å². The van der Waals surface area contributed by atoms with Crippen LogP contribution in [0.5, 0.6) is 0 Å². The van der Waals surface area contributed by atoms with Gasteiger partial charge in [0.15, 0.2) is 0 Å². The van der Waals surface area contributed by atoms with E-state index in [4.69, 9.17) is 5.11 Å². The number of carbonyl (C=O) groups is 1. The van der Waals surface area contributed by atoms with E-state index in [1.54, 1.807) is 18.3 Å². The number of pyridine rings is 1. The average Bonchev–Trinajstić information content (AvgIpc) is 2.16. The van der Waals surface area contributed by atoms with Gasteiger partial charge in [-0.15, -0.1) is 0 Å². The predicted octanol–water partition coefficient (Wildman–Crippen LogP) is 1.10. The molecule has 4 nitrogen and oxygen atoms in total. The molecule has 0 atom stereocenters. The first-order valence-electron chi connectivity index (χ1n) is 4.75. The smallest absolute Gasteiger partial charge is 0.270 e. The van der Waals surface area contributed by atoms with Crippen LogP contribution in [0.3, 0.4) is 0 Å². The molecule has 0 saturated heterocycles. The normalized spacial score (nSPS) is 24.4. The SMILES string of the molecule is O=C(NC1CC(O)C1)c1ccc(Br)cn1. The molecule has 1 aliphatic carbocycles. The lowest BCUT2D eigenvalue weighted by molar-refractivity contribution is 0.0560. The summed E-state index contributed by atoms with van der Waals surface area (Å²) in [5.41, 5.74) is 0.402. The van der Waals surface area contributed by atoms with Gasteiger partial charge in [0, 0.05) is 16.7 Å². The summed E-state index contributed by atoms with van der Waals surface area (Å²) in [5.74, 6) is -0.181. The Labute approximate surface area is 95.8 Å². The summed E-state index contributed by atoms with van der Waals surface area (Å²) < 4.78 is 0.845. The van der Waals surface area contributed by atoms with Crippen molar-refractivity contribution in [2.75, 3.05) is 0 Å². The van der Waals surface area contributed by atoms with Crippen LogP contribution >= 0.6 is 15.9 Å². The molecule has 2 N–H and O–H groups in total. The van der Waals surface area contributed by atoms with E-state index in [2.05, 4.69) is 26.2 Å². The maximum Gasteiger partial charge on any atom is 0.270 e. The number of nitrogens with zero attached hydrogens (tertiary/aromatic N) is 1. The Hall–Kier alpha value is -0.940. The molecule has 0 aliphatic heterocycles. The summed E-state index contributed by atoms with van der Waals surface area (Å²) in [5, 5.41) is 11.9. The molecule has 0 bridgehead atoms. The predicted molar refractivity (Wildman–Crippen MR) is 58.4 cm³/mol. The van der Waals surface area contributed by atoms with Crippen LogP contribution in [0.2, 0.25) is 0 Å². The van der Waals surface area contributed by atoms with Gasteiger partial charge in [-0.05, 0) is 40.9 Å². The molecule has 0 radical (unpaired) electrons. The van der Waals surface area contributed by atoms with E-state index in [9.17, 15) is 4.79 Å². The Morgan fingerprint density at radius 3 is 2.80 bits per heavy atom. The van der Waals surface area contributed by atoms with Gasteiger partial charge in [-0.25, -0.2) is 4.98 Å². The topological polar surface area (TPSA) is 62.2 Å². The second-order valence-electron chi connectivity index (χ2n) is 3.66. The number of aromatic nitrogens is 1. The Bertz CT molecular complexity index is 360. The summed E-state index contributed by atoms with van der Waals surface area (Å²) in [6.45, 7) is 0. The third-order valence-corrected chi connectivity index (χ3v) is 2.88. The summed E-state index contributed by atoms with van der Waals surface area (Å²) in [6, 6.07) is 3.53. The van der Waals surface area contributed by atoms with Crippen molar-refractivity contribution in [1.82, 2.24) is 10.3 Å². The second-order valence-corrected chi connectivity index (χ2v) is 4.57. The molecule has 5 heteroatoms. The number of aliphatic hydroxyl groups is 1. The van der Waals surface area contributed by atoms with Gasteiger partial charge < -0.3 is 10.4 Å². The van der Waals surface area contributed by atoms with Crippen LogP contribution in [0.1, 0.15) is 23.3 Å². The average molecular weight is 271 g/mol. The maximum absolute atomic E-state index is 11.6. The zero-order valence-electron chi connectivity index (χ0n) is 7.98. The van der Waals surface area contributed by atoms with Crippen LogP contribution in [-0.2, 0) is 0 Å². The number of aliphatic hydroxyl groups excluding tert-OH is 1. The molecule has 1 aliphatic rings. The Morgan fingerprint density at radius 1 is 1.53 bits per heavy atom. The molecular formula is C10H11BrN2O2. The number of hydrogen-bond donors (Lipinski definition) is 2. The molecule has 80 valence electrons. The molecule has 0 spiro atoms. The third kappa shape index (κ3) is 2.54. The van der Waals surface area contributed by atoms with E-state index < -0.39 is 0 Å². The summed E-state index contributed by atoms with van der Waals surface area (Å²) >= 11 is 3.25. The fourth-order valence-corrected chi connectivity index (χ4v) is 1.71. The first-order valence-corrected chi connectivity index (χ1v) is 5.55. The van der Waals surface area contributed by atoms with Gasteiger partial charge in [0.2, 0.25) is 0 Å². The summed E-state index contributed by atoms with van der Waals surface area (Å²) in [7, 11) is 0. The van der Waals surface area contributed by atoms with Gasteiger partial charge in [0.25, 0.3) is 5.91 Å². The van der Waals surface area contributed by atoms with E-state index in [-0.39, 0.29) is 18.1 Å². The lowest BCUT2D eigenvalue weighted by atomic mass is 9.89. The minimum Gasteiger partial charge on any atom is -0.393 e. The third-order valence-electron chi connectivity index (χ3n) is 2.41. The number of amides is 1. The lowest BCUT2D eigenvalue weighted by Crippen LogP contribution is -2.46. The Balaban J connectivity index is 1.93. The van der Waals surface area contributed by atoms with Crippen LogP contribution in [0.25, 0.3) is 0 Å². The number of rotatable bonds is 2. The highest BCUT2D eigenvalue weighted by molar-refractivity contribution is 9.10. The first-order chi connectivity index (χ1) is 7.15. The molecule has 1 saturated carbocycles. The van der Waals surface area contributed by atoms with Crippen molar-refractivity contribution in [3.05, 3.63) is 28.5 Å². The fraction of sp³-hybridized carbons (Fsp3) is 0.400. The summed E-state index contributed by atoms with van der Waals surface area (Å²) in [6.07, 6.45) is 2.61. The monoisotopic (exact) mass is 270 g/mol. The standard InChI is InChI=1S/C10H11BrN2O2/c11-6-1-2-9(12-5-6)10(15)13-7-3-8(14)4-7/h1-2,5,7-8,14H,3-4H2,(H,13,15). The van der Waals surface area contributed by atoms with E-state index in [0.29, 0.717) is 18.5 Å². The zero-order valence-corrected chi connectivity index (χ0v) is 9.57. The molecule has 0 aromatic carbocycles. The van der Waals surface area contributed by atoms with Crippen LogP contribution < -0.4 is 5.32 Å². The van der Waals surface area contributed by atoms with Gasteiger partial charge in [-0.3, -0.25) is 4.79 Å². The van der Waals surface area contributed by atoms with Crippen LogP contribution in [-0.4, -0.2) is 28.1 Å². The van der Waals surface area contributed by atoms with Gasteiger partial charge in [0.1, 0.15) is 5.69 Å². The Morgan fingerprint density at radius 2 is 2.27 bits per heavy atom. The van der Waals surface area contributed by atoms with Crippen molar-refractivity contribution in [1.29, 1.82) is 0 Å². The first kappa shape index (κ1) is 10.6. The van der Waals surface area contributed by atoms with E-state index in [1.165, 1.54) is 0 Å². The Kier molecular flexibility index (Phi) is 3.02. The van der Waals surface area contributed by atoms with Crippen molar-refractivity contribution in [3.8, 4) is 0 Å². The van der Waals surface area contributed by atoms with Crippen molar-refractivity contribution < 1.29 is 9.90 Å². The minimum atomic E-state index is -0.256. The van der Waals surface area contributed by atoms with Gasteiger partial charge in [-0.1, -0.05) is 0 Å². The second kappa shape index (κ2) is 4.28. The largest absolute Gasteiger partial charge is 0.393 e. The van der Waals surface area contributed by atoms with Gasteiger partial charge in [0.05, 0.1) is 6.10 Å². The molecule has 1 heterocycles. The van der Waals surface area contributed by atoms with Gasteiger partial charge >= 0.3 is 0 Å². The van der Waals surface area contributed by atoms with Crippen LogP contribution in [0.4, 0.5) is 0 Å². The molecule has 15 heavy (non-hydrogen) atoms. The van der Waals surface area contributed by atoms with E-state index in [0.717, 1.165) is 4.47 Å². The molecule has 1 aromatic rings. The number of halogens is 1. The molecular weight excluding hydrogens is 260 g/mol. The van der Waals surface area contributed by atoms with Crippen LogP contribution in [0.15, 0.2) is 22.8 Å². The number of carbonyl (C=O) groups excluding carboxylic acids is 1. The van der Waals surface area contributed by atoms with Crippen molar-refractivity contribution >= 4 is 21.8 Å². The van der Waals surface area contributed by atoms with E-state index >= 15 is 0 Å². The van der Waals surface area contributed by atoms with Gasteiger partial charge in [-0.2, -0.15) is 0 Å². The van der Waals surface area contributed by atoms with Crippen molar-refractivity contribution in [2.24, 2.45) is 0 Å². The molecule has 2 rings (SSSR count). The van der Waals surface area contributed by atoms with Crippen molar-refractivity contribution in [3.63, 3.8) is 0 Å². The highest BCUT2D eigenvalue weighted by Gasteiger charge is 2.28. The van der Waals surface area contributed by atoms with Crippen molar-refractivity contribution in [2.45, 2.75) is 25.0 Å². The minimum absolute atomic E-state index is 0.0953. The fourth-order valence-electron chi connectivity index (χ4n) is 1.48. The molecule has 1 aromatic heterocycles. The molecule has 0 unspecified atom stereocenters.